The number of thioether (sulfide) groups is 1. The molecule has 0 aliphatic heterocycles. The molecule has 0 heterocycles. The molecular weight excluding hydrogens is 280 g/mol. The lowest BCUT2D eigenvalue weighted by Crippen LogP contribution is -2.28. The van der Waals surface area contributed by atoms with Crippen molar-refractivity contribution in [3.05, 3.63) is 39.9 Å². The zero-order valence-electron chi connectivity index (χ0n) is 11.5. The normalized spacial score (nSPS) is 11.9. The fraction of sp³-hybridized carbons (Fsp3) is 0.462. The molecule has 0 fully saturated rings. The fourth-order valence-electron chi connectivity index (χ4n) is 1.53. The second-order valence-electron chi connectivity index (χ2n) is 4.15. The molecule has 0 unspecified atom stereocenters. The van der Waals surface area contributed by atoms with Crippen LogP contribution in [-0.4, -0.2) is 36.8 Å². The second-order valence-corrected chi connectivity index (χ2v) is 5.48. The van der Waals surface area contributed by atoms with Crippen LogP contribution >= 0.6 is 11.8 Å². The Morgan fingerprint density at radius 2 is 2.30 bits per heavy atom. The minimum atomic E-state index is -0.418. The van der Waals surface area contributed by atoms with E-state index in [1.165, 1.54) is 17.8 Å². The number of rotatable bonds is 8. The maximum Gasteiger partial charge on any atom is 0.269 e. The van der Waals surface area contributed by atoms with Crippen molar-refractivity contribution in [3.63, 3.8) is 0 Å². The first-order valence-corrected chi connectivity index (χ1v) is 7.21. The summed E-state index contributed by atoms with van der Waals surface area (Å²) in [5.41, 5.74) is 0.911. The minimum absolute atomic E-state index is 0.0167. The molecule has 7 heteroatoms. The second kappa shape index (κ2) is 8.55. The van der Waals surface area contributed by atoms with E-state index in [0.717, 1.165) is 5.56 Å². The molecule has 0 spiro atoms. The highest BCUT2D eigenvalue weighted by atomic mass is 32.2. The van der Waals surface area contributed by atoms with Crippen LogP contribution in [0, 0.1) is 10.1 Å². The number of amides is 1. The summed E-state index contributed by atoms with van der Waals surface area (Å²) in [5, 5.41) is 13.5. The molecule has 0 aromatic heterocycles. The first-order chi connectivity index (χ1) is 9.54. The topological polar surface area (TPSA) is 81.5 Å². The van der Waals surface area contributed by atoms with Crippen molar-refractivity contribution in [1.29, 1.82) is 0 Å². The van der Waals surface area contributed by atoms with Gasteiger partial charge in [-0.1, -0.05) is 12.1 Å². The van der Waals surface area contributed by atoms with Crippen molar-refractivity contribution in [2.24, 2.45) is 0 Å². The van der Waals surface area contributed by atoms with Gasteiger partial charge in [-0.25, -0.2) is 0 Å². The molecule has 0 aliphatic carbocycles. The summed E-state index contributed by atoms with van der Waals surface area (Å²) < 4.78 is 4.84. The lowest BCUT2D eigenvalue weighted by atomic mass is 10.1. The lowest BCUT2D eigenvalue weighted by Gasteiger charge is -2.11. The van der Waals surface area contributed by atoms with Gasteiger partial charge in [0.1, 0.15) is 0 Å². The van der Waals surface area contributed by atoms with E-state index >= 15 is 0 Å². The third-order valence-electron chi connectivity index (χ3n) is 2.64. The van der Waals surface area contributed by atoms with Crippen LogP contribution in [0.2, 0.25) is 0 Å². The first kappa shape index (κ1) is 16.5. The summed E-state index contributed by atoms with van der Waals surface area (Å²) >= 11 is 1.44. The zero-order valence-corrected chi connectivity index (χ0v) is 12.3. The Balaban J connectivity index is 2.46. The number of carbonyl (C=O) groups is 1. The van der Waals surface area contributed by atoms with E-state index in [1.54, 1.807) is 19.2 Å². The number of non-ortho nitro benzene ring substituents is 1. The van der Waals surface area contributed by atoms with Gasteiger partial charge >= 0.3 is 0 Å². The van der Waals surface area contributed by atoms with Gasteiger partial charge in [-0.05, 0) is 12.5 Å². The van der Waals surface area contributed by atoms with E-state index in [0.29, 0.717) is 18.9 Å². The number of benzene rings is 1. The van der Waals surface area contributed by atoms with Crippen LogP contribution in [0.3, 0.4) is 0 Å². The molecule has 1 rings (SSSR count). The number of hydrogen-bond acceptors (Lipinski definition) is 5. The number of methoxy groups -OCH3 is 1. The number of carbonyl (C=O) groups excluding carboxylic acids is 1. The molecule has 0 radical (unpaired) electrons. The summed E-state index contributed by atoms with van der Waals surface area (Å²) in [5.74, 6) is 0.248. The number of nitrogens with one attached hydrogen (secondary N) is 1. The van der Waals surface area contributed by atoms with Crippen molar-refractivity contribution in [2.75, 3.05) is 26.0 Å². The number of nitro groups is 1. The Bertz CT molecular complexity index is 467. The van der Waals surface area contributed by atoms with Crippen molar-refractivity contribution in [2.45, 2.75) is 12.2 Å². The Hall–Kier alpha value is -1.60. The molecular formula is C13H18N2O4S. The molecule has 1 aromatic carbocycles. The van der Waals surface area contributed by atoms with E-state index in [2.05, 4.69) is 5.32 Å². The quantitative estimate of drug-likeness (QED) is 0.452. The standard InChI is InChI=1S/C13H18N2O4S/c1-10(20-9-13(16)14-6-7-19-2)11-4-3-5-12(8-11)15(17)18/h3-5,8,10H,6-7,9H2,1-2H3,(H,14,16)/t10-/m1/s1. The largest absolute Gasteiger partial charge is 0.383 e. The third-order valence-corrected chi connectivity index (χ3v) is 3.84. The predicted molar refractivity (Wildman–Crippen MR) is 78.9 cm³/mol. The minimum Gasteiger partial charge on any atom is -0.383 e. The predicted octanol–water partition coefficient (Wildman–Crippen LogP) is 2.15. The van der Waals surface area contributed by atoms with Gasteiger partial charge in [0.2, 0.25) is 5.91 Å². The summed E-state index contributed by atoms with van der Waals surface area (Å²) in [6.07, 6.45) is 0. The molecule has 1 atom stereocenters. The first-order valence-electron chi connectivity index (χ1n) is 6.16. The van der Waals surface area contributed by atoms with Gasteiger partial charge in [0.25, 0.3) is 5.69 Å². The molecule has 0 bridgehead atoms. The smallest absolute Gasteiger partial charge is 0.269 e. The average Bonchev–Trinajstić information content (AvgIpc) is 2.45. The Labute approximate surface area is 122 Å². The maximum atomic E-state index is 11.5. The summed E-state index contributed by atoms with van der Waals surface area (Å²) in [7, 11) is 1.57. The highest BCUT2D eigenvalue weighted by Crippen LogP contribution is 2.29. The van der Waals surface area contributed by atoms with E-state index in [4.69, 9.17) is 4.74 Å². The van der Waals surface area contributed by atoms with Gasteiger partial charge in [0, 0.05) is 31.0 Å². The number of nitro benzene ring substituents is 1. The van der Waals surface area contributed by atoms with Gasteiger partial charge in [-0.2, -0.15) is 0 Å². The van der Waals surface area contributed by atoms with E-state index in [1.807, 2.05) is 13.0 Å². The fourth-order valence-corrected chi connectivity index (χ4v) is 2.37. The van der Waals surface area contributed by atoms with Crippen LogP contribution in [0.4, 0.5) is 5.69 Å². The lowest BCUT2D eigenvalue weighted by molar-refractivity contribution is -0.384. The van der Waals surface area contributed by atoms with Gasteiger partial charge in [0.15, 0.2) is 0 Å². The monoisotopic (exact) mass is 298 g/mol. The number of ether oxygens (including phenoxy) is 1. The highest BCUT2D eigenvalue weighted by molar-refractivity contribution is 8.00. The summed E-state index contributed by atoms with van der Waals surface area (Å²) in [4.78, 5) is 21.8. The molecule has 1 amide bonds. The molecule has 0 aliphatic rings. The van der Waals surface area contributed by atoms with Crippen molar-refractivity contribution in [3.8, 4) is 0 Å². The molecule has 0 saturated carbocycles. The van der Waals surface area contributed by atoms with Crippen LogP contribution in [0.1, 0.15) is 17.7 Å². The SMILES string of the molecule is COCCNC(=O)CS[C@H](C)c1cccc([N+](=O)[O-])c1. The van der Waals surface area contributed by atoms with Crippen LogP contribution < -0.4 is 5.32 Å². The Kier molecular flexibility index (Phi) is 7.03. The molecule has 1 aromatic rings. The molecule has 1 N–H and O–H groups in total. The van der Waals surface area contributed by atoms with Crippen LogP contribution in [0.15, 0.2) is 24.3 Å². The Morgan fingerprint density at radius 3 is 2.95 bits per heavy atom. The van der Waals surface area contributed by atoms with Gasteiger partial charge < -0.3 is 10.1 Å². The number of hydrogen-bond donors (Lipinski definition) is 1. The zero-order chi connectivity index (χ0) is 15.0. The van der Waals surface area contributed by atoms with Gasteiger partial charge in [0.05, 0.1) is 17.3 Å². The Morgan fingerprint density at radius 1 is 1.55 bits per heavy atom. The highest BCUT2D eigenvalue weighted by Gasteiger charge is 2.12. The van der Waals surface area contributed by atoms with Gasteiger partial charge in [-0.15, -0.1) is 11.8 Å². The molecule has 6 nitrogen and oxygen atoms in total. The van der Waals surface area contributed by atoms with Crippen LogP contribution in [-0.2, 0) is 9.53 Å². The maximum absolute atomic E-state index is 11.5. The molecule has 0 saturated heterocycles. The van der Waals surface area contributed by atoms with Gasteiger partial charge in [-0.3, -0.25) is 14.9 Å². The van der Waals surface area contributed by atoms with Crippen LogP contribution in [0.5, 0.6) is 0 Å². The summed E-state index contributed by atoms with van der Waals surface area (Å²) in [6.45, 7) is 2.89. The van der Waals surface area contributed by atoms with Crippen molar-refractivity contribution < 1.29 is 14.5 Å². The van der Waals surface area contributed by atoms with E-state index < -0.39 is 4.92 Å². The average molecular weight is 298 g/mol. The van der Waals surface area contributed by atoms with E-state index in [9.17, 15) is 14.9 Å². The third kappa shape index (κ3) is 5.58. The number of nitrogens with zero attached hydrogens (tertiary/aromatic N) is 1. The van der Waals surface area contributed by atoms with Crippen LogP contribution in [0.25, 0.3) is 0 Å². The molecule has 20 heavy (non-hydrogen) atoms. The summed E-state index contributed by atoms with van der Waals surface area (Å²) in [6, 6.07) is 6.48. The molecule has 110 valence electrons. The van der Waals surface area contributed by atoms with E-state index in [-0.39, 0.29) is 16.8 Å². The van der Waals surface area contributed by atoms with Crippen molar-refractivity contribution >= 4 is 23.4 Å². The van der Waals surface area contributed by atoms with Crippen molar-refractivity contribution in [1.82, 2.24) is 5.32 Å².